The summed E-state index contributed by atoms with van der Waals surface area (Å²) < 4.78 is 5.55. The number of hydrogen-bond donors (Lipinski definition) is 1. The highest BCUT2D eigenvalue weighted by Gasteiger charge is 2.44. The Kier molecular flexibility index (Phi) is 3.42. The molecule has 4 unspecified atom stereocenters. The highest BCUT2D eigenvalue weighted by atomic mass is 16.5. The number of aliphatic hydroxyl groups excluding tert-OH is 1. The van der Waals surface area contributed by atoms with Crippen molar-refractivity contribution in [2.45, 2.75) is 81.7 Å². The van der Waals surface area contributed by atoms with Crippen LogP contribution in [0.4, 0.5) is 0 Å². The first kappa shape index (κ1) is 11.9. The minimum Gasteiger partial charge on any atom is -0.393 e. The summed E-state index contributed by atoms with van der Waals surface area (Å²) in [5.41, 5.74) is 0. The van der Waals surface area contributed by atoms with Gasteiger partial charge < -0.3 is 9.84 Å². The summed E-state index contributed by atoms with van der Waals surface area (Å²) in [6.07, 6.45) is 10.1. The second-order valence-electron chi connectivity index (χ2n) is 6.14. The molecule has 3 rings (SSSR count). The zero-order chi connectivity index (χ0) is 11.8. The molecule has 1 saturated carbocycles. The van der Waals surface area contributed by atoms with Gasteiger partial charge in [0.25, 0.3) is 0 Å². The van der Waals surface area contributed by atoms with Gasteiger partial charge in [-0.05, 0) is 51.4 Å². The van der Waals surface area contributed by atoms with Gasteiger partial charge in [0.1, 0.15) is 0 Å². The van der Waals surface area contributed by atoms with E-state index >= 15 is 0 Å². The molecule has 0 radical (unpaired) electrons. The van der Waals surface area contributed by atoms with E-state index in [0.29, 0.717) is 18.2 Å². The van der Waals surface area contributed by atoms with Crippen LogP contribution >= 0.6 is 0 Å². The molecule has 0 spiro atoms. The Morgan fingerprint density at radius 1 is 0.941 bits per heavy atom. The molecule has 2 bridgehead atoms. The highest BCUT2D eigenvalue weighted by Crippen LogP contribution is 2.40. The van der Waals surface area contributed by atoms with Gasteiger partial charge in [0.05, 0.1) is 12.2 Å². The number of ether oxygens (including phenoxy) is 1. The van der Waals surface area contributed by atoms with Crippen molar-refractivity contribution in [2.75, 3.05) is 7.11 Å². The van der Waals surface area contributed by atoms with E-state index in [-0.39, 0.29) is 6.10 Å². The summed E-state index contributed by atoms with van der Waals surface area (Å²) in [5, 5.41) is 9.85. The van der Waals surface area contributed by atoms with Crippen molar-refractivity contribution in [3.8, 4) is 0 Å². The van der Waals surface area contributed by atoms with E-state index < -0.39 is 0 Å². The third-order valence-corrected chi connectivity index (χ3v) is 5.12. The van der Waals surface area contributed by atoms with Gasteiger partial charge >= 0.3 is 0 Å². The third kappa shape index (κ3) is 2.25. The summed E-state index contributed by atoms with van der Waals surface area (Å²) in [7, 11) is 1.85. The molecule has 2 saturated heterocycles. The van der Waals surface area contributed by atoms with Gasteiger partial charge in [0.15, 0.2) is 0 Å². The number of aliphatic hydroxyl groups is 1. The van der Waals surface area contributed by atoms with Crippen LogP contribution in [-0.4, -0.2) is 47.4 Å². The van der Waals surface area contributed by atoms with Crippen LogP contribution in [0.1, 0.15) is 51.4 Å². The van der Waals surface area contributed by atoms with Gasteiger partial charge in [-0.15, -0.1) is 0 Å². The molecule has 1 aliphatic carbocycles. The van der Waals surface area contributed by atoms with Crippen LogP contribution in [0.5, 0.6) is 0 Å². The second kappa shape index (κ2) is 4.87. The highest BCUT2D eigenvalue weighted by molar-refractivity contribution is 4.99. The van der Waals surface area contributed by atoms with Gasteiger partial charge in [-0.3, -0.25) is 4.90 Å². The Hall–Kier alpha value is -0.120. The molecule has 3 fully saturated rings. The molecule has 2 heterocycles. The maximum absolute atomic E-state index is 9.85. The molecule has 3 heteroatoms. The van der Waals surface area contributed by atoms with E-state index in [4.69, 9.17) is 4.74 Å². The Bertz CT molecular complexity index is 257. The van der Waals surface area contributed by atoms with E-state index in [9.17, 15) is 5.11 Å². The summed E-state index contributed by atoms with van der Waals surface area (Å²) in [6, 6.07) is 2.03. The van der Waals surface area contributed by atoms with Crippen LogP contribution in [0.15, 0.2) is 0 Å². The molecule has 1 N–H and O–H groups in total. The first-order chi connectivity index (χ1) is 8.28. The second-order valence-corrected chi connectivity index (χ2v) is 6.14. The minimum absolute atomic E-state index is 0.0365. The van der Waals surface area contributed by atoms with Crippen LogP contribution in [0.3, 0.4) is 0 Å². The van der Waals surface area contributed by atoms with Gasteiger partial charge in [0, 0.05) is 25.2 Å². The normalized spacial score (nSPS) is 47.3. The van der Waals surface area contributed by atoms with Crippen molar-refractivity contribution in [1.29, 1.82) is 0 Å². The molecular formula is C14H25NO2. The SMILES string of the molecule is COC1CCCC(N2C3CCC2CC(O)C3)C1. The van der Waals surface area contributed by atoms with E-state index in [1.807, 2.05) is 7.11 Å². The fraction of sp³-hybridized carbons (Fsp3) is 1.00. The van der Waals surface area contributed by atoms with Crippen molar-refractivity contribution in [3.05, 3.63) is 0 Å². The average Bonchev–Trinajstić information content (AvgIpc) is 2.62. The lowest BCUT2D eigenvalue weighted by Crippen LogP contribution is -2.52. The zero-order valence-corrected chi connectivity index (χ0v) is 10.8. The summed E-state index contributed by atoms with van der Waals surface area (Å²) in [5.74, 6) is 0. The molecule has 0 aromatic heterocycles. The van der Waals surface area contributed by atoms with Crippen LogP contribution in [0.2, 0.25) is 0 Å². The average molecular weight is 239 g/mol. The maximum atomic E-state index is 9.85. The van der Waals surface area contributed by atoms with Crippen molar-refractivity contribution < 1.29 is 9.84 Å². The van der Waals surface area contributed by atoms with Crippen molar-refractivity contribution in [1.82, 2.24) is 4.90 Å². The fourth-order valence-electron chi connectivity index (χ4n) is 4.39. The molecular weight excluding hydrogens is 214 g/mol. The zero-order valence-electron chi connectivity index (χ0n) is 10.8. The van der Waals surface area contributed by atoms with Crippen molar-refractivity contribution >= 4 is 0 Å². The quantitative estimate of drug-likeness (QED) is 0.799. The monoisotopic (exact) mass is 239 g/mol. The summed E-state index contributed by atoms with van der Waals surface area (Å²) >= 11 is 0. The lowest BCUT2D eigenvalue weighted by Gasteiger charge is -2.45. The van der Waals surface area contributed by atoms with Gasteiger partial charge in [0.2, 0.25) is 0 Å². The first-order valence-corrected chi connectivity index (χ1v) is 7.26. The predicted molar refractivity (Wildman–Crippen MR) is 66.9 cm³/mol. The molecule has 17 heavy (non-hydrogen) atoms. The van der Waals surface area contributed by atoms with Crippen LogP contribution in [-0.2, 0) is 4.74 Å². The molecule has 2 aliphatic heterocycles. The van der Waals surface area contributed by atoms with Gasteiger partial charge in [-0.1, -0.05) is 0 Å². The number of nitrogens with zero attached hydrogens (tertiary/aromatic N) is 1. The number of piperidine rings is 1. The van der Waals surface area contributed by atoms with Crippen LogP contribution in [0.25, 0.3) is 0 Å². The van der Waals surface area contributed by atoms with Crippen LogP contribution in [0, 0.1) is 0 Å². The topological polar surface area (TPSA) is 32.7 Å². The smallest absolute Gasteiger partial charge is 0.0586 e. The van der Waals surface area contributed by atoms with Crippen molar-refractivity contribution in [3.63, 3.8) is 0 Å². The van der Waals surface area contributed by atoms with E-state index in [1.54, 1.807) is 0 Å². The number of rotatable bonds is 2. The van der Waals surface area contributed by atoms with Gasteiger partial charge in [-0.25, -0.2) is 0 Å². The van der Waals surface area contributed by atoms with Crippen molar-refractivity contribution in [2.24, 2.45) is 0 Å². The third-order valence-electron chi connectivity index (χ3n) is 5.12. The summed E-state index contributed by atoms with van der Waals surface area (Å²) in [4.78, 5) is 2.75. The molecule has 0 aromatic carbocycles. The fourth-order valence-corrected chi connectivity index (χ4v) is 4.39. The number of methoxy groups -OCH3 is 1. The molecule has 4 atom stereocenters. The Morgan fingerprint density at radius 2 is 1.59 bits per heavy atom. The number of fused-ring (bicyclic) bond motifs is 2. The van der Waals surface area contributed by atoms with E-state index in [2.05, 4.69) is 4.90 Å². The minimum atomic E-state index is -0.0365. The lowest BCUT2D eigenvalue weighted by atomic mass is 9.88. The van der Waals surface area contributed by atoms with Crippen LogP contribution < -0.4 is 0 Å². The molecule has 3 nitrogen and oxygen atoms in total. The number of hydrogen-bond acceptors (Lipinski definition) is 3. The predicted octanol–water partition coefficient (Wildman–Crippen LogP) is 1.93. The maximum Gasteiger partial charge on any atom is 0.0586 e. The van der Waals surface area contributed by atoms with E-state index in [1.165, 1.54) is 38.5 Å². The molecule has 0 amide bonds. The van der Waals surface area contributed by atoms with E-state index in [0.717, 1.165) is 18.9 Å². The van der Waals surface area contributed by atoms with Gasteiger partial charge in [-0.2, -0.15) is 0 Å². The Balaban J connectivity index is 1.68. The largest absolute Gasteiger partial charge is 0.393 e. The molecule has 98 valence electrons. The Labute approximate surface area is 104 Å². The molecule has 0 aromatic rings. The standard InChI is InChI=1S/C14H25NO2/c1-17-14-4-2-3-10(9-14)15-11-5-6-12(15)8-13(16)7-11/h10-14,16H,2-9H2,1H3. The Morgan fingerprint density at radius 3 is 2.24 bits per heavy atom. The lowest BCUT2D eigenvalue weighted by molar-refractivity contribution is -0.0276. The first-order valence-electron chi connectivity index (χ1n) is 7.26. The molecule has 3 aliphatic rings. The summed E-state index contributed by atoms with van der Waals surface area (Å²) in [6.45, 7) is 0.